The predicted molar refractivity (Wildman–Crippen MR) is 82.0 cm³/mol. The summed E-state index contributed by atoms with van der Waals surface area (Å²) in [5.74, 6) is 0. The quantitative estimate of drug-likeness (QED) is 0.889. The molecule has 2 aromatic carbocycles. The van der Waals surface area contributed by atoms with E-state index in [4.69, 9.17) is 5.73 Å². The Morgan fingerprint density at radius 3 is 2.05 bits per heavy atom. The summed E-state index contributed by atoms with van der Waals surface area (Å²) in [5.41, 5.74) is 10.8. The van der Waals surface area contributed by atoms with Gasteiger partial charge >= 0.3 is 0 Å². The van der Waals surface area contributed by atoms with Gasteiger partial charge in [0.1, 0.15) is 0 Å². The Balaban J connectivity index is 2.28. The minimum atomic E-state index is 0.699. The molecule has 2 N–H and O–H groups in total. The number of hydrogen-bond acceptors (Lipinski definition) is 2. The van der Waals surface area contributed by atoms with Gasteiger partial charge < -0.3 is 10.6 Å². The second-order valence-corrected chi connectivity index (χ2v) is 5.18. The molecule has 2 heteroatoms. The minimum Gasteiger partial charge on any atom is -0.330 e. The van der Waals surface area contributed by atoms with E-state index in [0.717, 1.165) is 13.0 Å². The van der Waals surface area contributed by atoms with Crippen LogP contribution in [0.2, 0.25) is 0 Å². The lowest BCUT2D eigenvalue weighted by molar-refractivity contribution is 0.402. The maximum absolute atomic E-state index is 5.62. The summed E-state index contributed by atoms with van der Waals surface area (Å²) >= 11 is 0. The van der Waals surface area contributed by atoms with Crippen molar-refractivity contribution < 1.29 is 0 Å². The van der Waals surface area contributed by atoms with E-state index < -0.39 is 0 Å². The van der Waals surface area contributed by atoms with Crippen LogP contribution >= 0.6 is 0 Å². The van der Waals surface area contributed by atoms with Crippen molar-refractivity contribution in [2.75, 3.05) is 20.6 Å². The Kier molecular flexibility index (Phi) is 4.72. The average Bonchev–Trinajstić information content (AvgIpc) is 2.39. The van der Waals surface area contributed by atoms with Gasteiger partial charge in [-0.1, -0.05) is 42.5 Å². The molecule has 0 aromatic heterocycles. The van der Waals surface area contributed by atoms with Crippen LogP contribution in [-0.4, -0.2) is 25.5 Å². The lowest BCUT2D eigenvalue weighted by Gasteiger charge is -2.11. The summed E-state index contributed by atoms with van der Waals surface area (Å²) in [6.07, 6.45) is 0.936. The second kappa shape index (κ2) is 6.50. The molecule has 0 radical (unpaired) electrons. The lowest BCUT2D eigenvalue weighted by atomic mass is 10.00. The van der Waals surface area contributed by atoms with Gasteiger partial charge in [0.25, 0.3) is 0 Å². The van der Waals surface area contributed by atoms with Gasteiger partial charge in [0.2, 0.25) is 0 Å². The van der Waals surface area contributed by atoms with E-state index in [-0.39, 0.29) is 0 Å². The van der Waals surface area contributed by atoms with Crippen molar-refractivity contribution in [1.29, 1.82) is 0 Å². The van der Waals surface area contributed by atoms with Crippen LogP contribution < -0.4 is 5.73 Å². The predicted octanol–water partition coefficient (Wildman–Crippen LogP) is 2.92. The molecule has 0 saturated carbocycles. The highest BCUT2D eigenvalue weighted by Gasteiger charge is 2.01. The molecule has 0 fully saturated rings. The summed E-state index contributed by atoms with van der Waals surface area (Å²) in [6.45, 7) is 1.67. The van der Waals surface area contributed by atoms with E-state index in [0.29, 0.717) is 6.54 Å². The van der Waals surface area contributed by atoms with Gasteiger partial charge in [-0.05, 0) is 55.4 Å². The maximum Gasteiger partial charge on any atom is 0.0227 e. The van der Waals surface area contributed by atoms with E-state index >= 15 is 0 Å². The maximum atomic E-state index is 5.62. The Morgan fingerprint density at radius 2 is 1.47 bits per heavy atom. The van der Waals surface area contributed by atoms with Crippen LogP contribution in [0.1, 0.15) is 11.1 Å². The first-order valence-corrected chi connectivity index (χ1v) is 6.72. The molecule has 2 nitrogen and oxygen atoms in total. The lowest BCUT2D eigenvalue weighted by Crippen LogP contribution is -2.10. The average molecular weight is 254 g/mol. The number of benzene rings is 2. The fraction of sp³-hybridized carbons (Fsp3) is 0.294. The number of hydrogen-bond donors (Lipinski definition) is 1. The number of rotatable bonds is 5. The van der Waals surface area contributed by atoms with Crippen molar-refractivity contribution in [1.82, 2.24) is 4.90 Å². The molecule has 100 valence electrons. The first kappa shape index (κ1) is 13.8. The molecule has 0 atom stereocenters. The topological polar surface area (TPSA) is 29.3 Å². The standard InChI is InChI=1S/C17H22N2/c1-19(2)13-15-6-4-8-17(12-15)16-7-3-5-14(11-16)9-10-18/h3-8,11-12H,9-10,13,18H2,1-2H3. The fourth-order valence-corrected chi connectivity index (χ4v) is 2.29. The van der Waals surface area contributed by atoms with Crippen molar-refractivity contribution in [2.24, 2.45) is 5.73 Å². The monoisotopic (exact) mass is 254 g/mol. The molecular weight excluding hydrogens is 232 g/mol. The number of nitrogens with zero attached hydrogens (tertiary/aromatic N) is 1. The second-order valence-electron chi connectivity index (χ2n) is 5.18. The van der Waals surface area contributed by atoms with Crippen LogP contribution in [0.5, 0.6) is 0 Å². The van der Waals surface area contributed by atoms with Crippen LogP contribution in [0.15, 0.2) is 48.5 Å². The zero-order valence-corrected chi connectivity index (χ0v) is 11.8. The van der Waals surface area contributed by atoms with Gasteiger partial charge in [0, 0.05) is 6.54 Å². The van der Waals surface area contributed by atoms with Crippen LogP contribution in [0.3, 0.4) is 0 Å². The Labute approximate surface area is 115 Å². The largest absolute Gasteiger partial charge is 0.330 e. The molecule has 2 aromatic rings. The van der Waals surface area contributed by atoms with Crippen LogP contribution in [0.4, 0.5) is 0 Å². The molecule has 19 heavy (non-hydrogen) atoms. The van der Waals surface area contributed by atoms with Gasteiger partial charge in [-0.3, -0.25) is 0 Å². The fourth-order valence-electron chi connectivity index (χ4n) is 2.29. The minimum absolute atomic E-state index is 0.699. The summed E-state index contributed by atoms with van der Waals surface area (Å²) < 4.78 is 0. The molecule has 0 aliphatic rings. The summed E-state index contributed by atoms with van der Waals surface area (Å²) in [7, 11) is 4.18. The van der Waals surface area contributed by atoms with Gasteiger partial charge in [-0.25, -0.2) is 0 Å². The SMILES string of the molecule is CN(C)Cc1cccc(-c2cccc(CCN)c2)c1. The highest BCUT2D eigenvalue weighted by molar-refractivity contribution is 5.64. The summed E-state index contributed by atoms with van der Waals surface area (Å²) in [4.78, 5) is 2.18. The van der Waals surface area contributed by atoms with Crippen LogP contribution in [0.25, 0.3) is 11.1 Å². The molecule has 0 unspecified atom stereocenters. The molecule has 0 aliphatic heterocycles. The van der Waals surface area contributed by atoms with E-state index in [1.807, 2.05) is 0 Å². The highest BCUT2D eigenvalue weighted by Crippen LogP contribution is 2.22. The van der Waals surface area contributed by atoms with E-state index in [1.54, 1.807) is 0 Å². The van der Waals surface area contributed by atoms with E-state index in [2.05, 4.69) is 67.5 Å². The summed E-state index contributed by atoms with van der Waals surface area (Å²) in [6, 6.07) is 17.4. The molecule has 2 rings (SSSR count). The van der Waals surface area contributed by atoms with E-state index in [1.165, 1.54) is 22.3 Å². The molecule has 0 heterocycles. The van der Waals surface area contributed by atoms with Gasteiger partial charge in [0.15, 0.2) is 0 Å². The van der Waals surface area contributed by atoms with Gasteiger partial charge in [0.05, 0.1) is 0 Å². The van der Waals surface area contributed by atoms with Crippen molar-refractivity contribution in [3.05, 3.63) is 59.7 Å². The van der Waals surface area contributed by atoms with Crippen molar-refractivity contribution >= 4 is 0 Å². The number of nitrogens with two attached hydrogens (primary N) is 1. The zero-order chi connectivity index (χ0) is 13.7. The van der Waals surface area contributed by atoms with Crippen molar-refractivity contribution in [2.45, 2.75) is 13.0 Å². The third-order valence-corrected chi connectivity index (χ3v) is 3.12. The van der Waals surface area contributed by atoms with Crippen molar-refractivity contribution in [3.63, 3.8) is 0 Å². The first-order valence-electron chi connectivity index (χ1n) is 6.72. The summed E-state index contributed by atoms with van der Waals surface area (Å²) in [5, 5.41) is 0. The third-order valence-electron chi connectivity index (χ3n) is 3.12. The molecule has 0 saturated heterocycles. The third kappa shape index (κ3) is 3.91. The zero-order valence-electron chi connectivity index (χ0n) is 11.8. The molecule has 0 spiro atoms. The van der Waals surface area contributed by atoms with Gasteiger partial charge in [-0.15, -0.1) is 0 Å². The Hall–Kier alpha value is -1.64. The molecular formula is C17H22N2. The molecule has 0 amide bonds. The molecule has 0 bridgehead atoms. The Bertz CT molecular complexity index is 532. The molecule has 0 aliphatic carbocycles. The van der Waals surface area contributed by atoms with E-state index in [9.17, 15) is 0 Å². The normalized spacial score (nSPS) is 10.9. The van der Waals surface area contributed by atoms with Crippen LogP contribution in [-0.2, 0) is 13.0 Å². The van der Waals surface area contributed by atoms with Gasteiger partial charge in [-0.2, -0.15) is 0 Å². The first-order chi connectivity index (χ1) is 9.19. The van der Waals surface area contributed by atoms with Crippen LogP contribution in [0, 0.1) is 0 Å². The highest BCUT2D eigenvalue weighted by atomic mass is 15.0. The Morgan fingerprint density at radius 1 is 0.895 bits per heavy atom. The van der Waals surface area contributed by atoms with Crippen molar-refractivity contribution in [3.8, 4) is 11.1 Å². The smallest absolute Gasteiger partial charge is 0.0227 e.